The van der Waals surface area contributed by atoms with Gasteiger partial charge in [0.25, 0.3) is 0 Å². The largest absolute Gasteiger partial charge is 0.456 e. The Morgan fingerprint density at radius 1 is 1.00 bits per heavy atom. The number of anilines is 1. The van der Waals surface area contributed by atoms with Gasteiger partial charge >= 0.3 is 5.97 Å². The van der Waals surface area contributed by atoms with Gasteiger partial charge in [-0.15, -0.1) is 0 Å². The summed E-state index contributed by atoms with van der Waals surface area (Å²) in [5, 5.41) is 0. The molecule has 0 aromatic heterocycles. The smallest absolute Gasteiger partial charge is 0.338 e. The number of hydrogen-bond donors (Lipinski definition) is 1. The van der Waals surface area contributed by atoms with Gasteiger partial charge in [-0.1, -0.05) is 24.0 Å². The zero-order chi connectivity index (χ0) is 16.2. The van der Waals surface area contributed by atoms with Crippen molar-refractivity contribution in [3.05, 3.63) is 65.2 Å². The molecule has 0 heterocycles. The number of esters is 1. The van der Waals surface area contributed by atoms with Crippen LogP contribution in [0.25, 0.3) is 0 Å². The van der Waals surface area contributed by atoms with E-state index in [1.54, 1.807) is 24.3 Å². The summed E-state index contributed by atoms with van der Waals surface area (Å²) < 4.78 is 5.32. The van der Waals surface area contributed by atoms with Crippen LogP contribution in [0.15, 0.2) is 48.5 Å². The predicted molar refractivity (Wildman–Crippen MR) is 88.4 cm³/mol. The summed E-state index contributed by atoms with van der Waals surface area (Å²) in [5.74, 6) is 5.73. The van der Waals surface area contributed by atoms with E-state index in [1.165, 1.54) is 0 Å². The first-order valence-electron chi connectivity index (χ1n) is 7.05. The van der Waals surface area contributed by atoms with Gasteiger partial charge in [-0.3, -0.25) is 0 Å². The molecular formula is C19H19NO2. The van der Waals surface area contributed by atoms with Crippen LogP contribution < -0.4 is 5.73 Å². The number of hydrogen-bond acceptors (Lipinski definition) is 3. The fraction of sp³-hybridized carbons (Fsp3) is 0.211. The maximum atomic E-state index is 11.9. The summed E-state index contributed by atoms with van der Waals surface area (Å²) in [6, 6.07) is 14.5. The van der Waals surface area contributed by atoms with Crippen molar-refractivity contribution in [2.75, 3.05) is 5.73 Å². The third-order valence-corrected chi connectivity index (χ3v) is 2.82. The number of benzene rings is 2. The Kier molecular flexibility index (Phi) is 4.53. The van der Waals surface area contributed by atoms with Crippen LogP contribution in [0.2, 0.25) is 0 Å². The van der Waals surface area contributed by atoms with Crippen molar-refractivity contribution in [1.82, 2.24) is 0 Å². The Morgan fingerprint density at radius 2 is 1.64 bits per heavy atom. The van der Waals surface area contributed by atoms with Crippen molar-refractivity contribution < 1.29 is 9.53 Å². The fourth-order valence-corrected chi connectivity index (χ4v) is 1.78. The average molecular weight is 293 g/mol. The van der Waals surface area contributed by atoms with Crippen LogP contribution in [-0.4, -0.2) is 11.6 Å². The number of carbonyl (C=O) groups is 1. The highest BCUT2D eigenvalue weighted by Crippen LogP contribution is 2.13. The Morgan fingerprint density at radius 3 is 2.23 bits per heavy atom. The minimum absolute atomic E-state index is 0.334. The molecule has 2 rings (SSSR count). The molecule has 0 aliphatic carbocycles. The lowest BCUT2D eigenvalue weighted by molar-refractivity contribution is 0.00695. The number of nitrogens with two attached hydrogens (primary N) is 1. The highest BCUT2D eigenvalue weighted by atomic mass is 16.6. The Balaban J connectivity index is 2.14. The van der Waals surface area contributed by atoms with Gasteiger partial charge in [-0.2, -0.15) is 0 Å². The molecule has 2 N–H and O–H groups in total. The summed E-state index contributed by atoms with van der Waals surface area (Å²) >= 11 is 0. The topological polar surface area (TPSA) is 52.3 Å². The van der Waals surface area contributed by atoms with Gasteiger partial charge in [0.2, 0.25) is 0 Å². The Bertz CT molecular complexity index is 729. The van der Waals surface area contributed by atoms with Crippen molar-refractivity contribution in [1.29, 1.82) is 0 Å². The third kappa shape index (κ3) is 4.39. The zero-order valence-corrected chi connectivity index (χ0v) is 13.0. The van der Waals surface area contributed by atoms with E-state index in [9.17, 15) is 4.79 Å². The molecule has 3 heteroatoms. The zero-order valence-electron chi connectivity index (χ0n) is 13.0. The first-order valence-corrected chi connectivity index (χ1v) is 7.05. The Hall–Kier alpha value is -2.73. The molecule has 0 unspecified atom stereocenters. The molecule has 0 saturated heterocycles. The molecule has 0 bridgehead atoms. The molecule has 0 radical (unpaired) electrons. The number of nitrogen functional groups attached to an aromatic ring is 1. The molecule has 22 heavy (non-hydrogen) atoms. The molecule has 3 nitrogen and oxygen atoms in total. The predicted octanol–water partition coefficient (Wildman–Crippen LogP) is 3.62. The summed E-state index contributed by atoms with van der Waals surface area (Å²) in [6.07, 6.45) is 0. The molecule has 0 atom stereocenters. The van der Waals surface area contributed by atoms with Crippen LogP contribution in [0.4, 0.5) is 5.69 Å². The van der Waals surface area contributed by atoms with E-state index < -0.39 is 5.60 Å². The van der Waals surface area contributed by atoms with Crippen molar-refractivity contribution in [2.24, 2.45) is 0 Å². The normalized spacial score (nSPS) is 10.5. The summed E-state index contributed by atoms with van der Waals surface area (Å²) in [7, 11) is 0. The average Bonchev–Trinajstić information content (AvgIpc) is 2.45. The summed E-state index contributed by atoms with van der Waals surface area (Å²) in [6.45, 7) is 5.53. The maximum Gasteiger partial charge on any atom is 0.338 e. The van der Waals surface area contributed by atoms with E-state index in [0.29, 0.717) is 11.3 Å². The van der Waals surface area contributed by atoms with E-state index in [-0.39, 0.29) is 5.97 Å². The lowest BCUT2D eigenvalue weighted by Crippen LogP contribution is -2.23. The first kappa shape index (κ1) is 15.7. The molecule has 2 aromatic carbocycles. The van der Waals surface area contributed by atoms with Gasteiger partial charge in [0, 0.05) is 16.8 Å². The van der Waals surface area contributed by atoms with Gasteiger partial charge < -0.3 is 10.5 Å². The van der Waals surface area contributed by atoms with E-state index in [2.05, 4.69) is 11.8 Å². The van der Waals surface area contributed by atoms with Crippen molar-refractivity contribution in [3.8, 4) is 11.8 Å². The van der Waals surface area contributed by atoms with Crippen molar-refractivity contribution >= 4 is 11.7 Å². The van der Waals surface area contributed by atoms with Crippen LogP contribution in [0.3, 0.4) is 0 Å². The minimum atomic E-state index is -0.500. The Labute approximate surface area is 131 Å². The van der Waals surface area contributed by atoms with Gasteiger partial charge in [0.15, 0.2) is 0 Å². The monoisotopic (exact) mass is 293 g/mol. The van der Waals surface area contributed by atoms with Gasteiger partial charge in [-0.05, 0) is 57.2 Å². The second-order valence-corrected chi connectivity index (χ2v) is 5.92. The van der Waals surface area contributed by atoms with Gasteiger partial charge in [0.05, 0.1) is 5.56 Å². The van der Waals surface area contributed by atoms with E-state index in [0.717, 1.165) is 11.1 Å². The summed E-state index contributed by atoms with van der Waals surface area (Å²) in [4.78, 5) is 11.9. The molecule has 112 valence electrons. The second kappa shape index (κ2) is 6.36. The standard InChI is InChI=1S/C19H19NO2/c1-19(2,3)22-18(21)16-12-9-14(10-13-16)8-11-15-6-4-5-7-17(15)20/h4-7,9-10,12-13H,20H2,1-3H3. The van der Waals surface area contributed by atoms with Crippen LogP contribution in [0, 0.1) is 11.8 Å². The molecule has 0 saturated carbocycles. The number of carbonyl (C=O) groups excluding carboxylic acids is 1. The van der Waals surface area contributed by atoms with Crippen LogP contribution >= 0.6 is 0 Å². The van der Waals surface area contributed by atoms with Gasteiger partial charge in [0.1, 0.15) is 5.60 Å². The molecule has 0 amide bonds. The number of rotatable bonds is 1. The number of para-hydroxylation sites is 1. The lowest BCUT2D eigenvalue weighted by atomic mass is 10.1. The van der Waals surface area contributed by atoms with Crippen LogP contribution in [-0.2, 0) is 4.74 Å². The van der Waals surface area contributed by atoms with Crippen LogP contribution in [0.1, 0.15) is 42.3 Å². The summed E-state index contributed by atoms with van der Waals surface area (Å²) in [5.41, 5.74) is 8.12. The van der Waals surface area contributed by atoms with Crippen LogP contribution in [0.5, 0.6) is 0 Å². The highest BCUT2D eigenvalue weighted by Gasteiger charge is 2.17. The van der Waals surface area contributed by atoms with E-state index >= 15 is 0 Å². The number of ether oxygens (including phenoxy) is 1. The van der Waals surface area contributed by atoms with E-state index in [4.69, 9.17) is 10.5 Å². The first-order chi connectivity index (χ1) is 10.3. The molecule has 0 fully saturated rings. The van der Waals surface area contributed by atoms with E-state index in [1.807, 2.05) is 45.0 Å². The van der Waals surface area contributed by atoms with Crippen molar-refractivity contribution in [2.45, 2.75) is 26.4 Å². The molecular weight excluding hydrogens is 274 g/mol. The minimum Gasteiger partial charge on any atom is -0.456 e. The maximum absolute atomic E-state index is 11.9. The quantitative estimate of drug-likeness (QED) is 0.496. The fourth-order valence-electron chi connectivity index (χ4n) is 1.78. The molecule has 0 aliphatic heterocycles. The second-order valence-electron chi connectivity index (χ2n) is 5.92. The molecule has 0 aliphatic rings. The SMILES string of the molecule is CC(C)(C)OC(=O)c1ccc(C#Cc2ccccc2N)cc1. The lowest BCUT2D eigenvalue weighted by Gasteiger charge is -2.19. The van der Waals surface area contributed by atoms with Gasteiger partial charge in [-0.25, -0.2) is 4.79 Å². The molecule has 2 aromatic rings. The third-order valence-electron chi connectivity index (χ3n) is 2.82. The van der Waals surface area contributed by atoms with Crippen molar-refractivity contribution in [3.63, 3.8) is 0 Å². The molecule has 0 spiro atoms. The highest BCUT2D eigenvalue weighted by molar-refractivity contribution is 5.89.